The third-order valence-electron chi connectivity index (χ3n) is 5.03. The molecule has 7 nitrogen and oxygen atoms in total. The summed E-state index contributed by atoms with van der Waals surface area (Å²) in [7, 11) is 1.60. The summed E-state index contributed by atoms with van der Waals surface area (Å²) in [6.45, 7) is 2.10. The molecule has 2 heterocycles. The summed E-state index contributed by atoms with van der Waals surface area (Å²) in [5.74, 6) is 0.645. The summed E-state index contributed by atoms with van der Waals surface area (Å²) in [5, 5.41) is 11.5. The van der Waals surface area contributed by atoms with Gasteiger partial charge in [-0.3, -0.25) is 9.69 Å². The first-order chi connectivity index (χ1) is 13.2. The average molecular weight is 365 g/mol. The van der Waals surface area contributed by atoms with E-state index in [1.807, 2.05) is 47.1 Å². The van der Waals surface area contributed by atoms with Crippen molar-refractivity contribution in [2.24, 2.45) is 0 Å². The van der Waals surface area contributed by atoms with Crippen LogP contribution in [0.1, 0.15) is 18.9 Å². The van der Waals surface area contributed by atoms with Crippen LogP contribution in [0.2, 0.25) is 0 Å². The number of piperidine rings is 1. The number of aromatic nitrogens is 3. The van der Waals surface area contributed by atoms with E-state index < -0.39 is 0 Å². The summed E-state index contributed by atoms with van der Waals surface area (Å²) in [6, 6.07) is 15.8. The molecule has 27 heavy (non-hydrogen) atoms. The van der Waals surface area contributed by atoms with Gasteiger partial charge in [0.2, 0.25) is 5.91 Å². The molecule has 1 aromatic heterocycles. The van der Waals surface area contributed by atoms with Gasteiger partial charge in [0.1, 0.15) is 11.3 Å². The van der Waals surface area contributed by atoms with Gasteiger partial charge >= 0.3 is 0 Å². The van der Waals surface area contributed by atoms with E-state index in [0.717, 1.165) is 37.0 Å². The van der Waals surface area contributed by atoms with E-state index in [2.05, 4.69) is 26.6 Å². The fourth-order valence-corrected chi connectivity index (χ4v) is 3.62. The molecular formula is C20H23N5O2. The maximum absolute atomic E-state index is 12.4. The van der Waals surface area contributed by atoms with Crippen molar-refractivity contribution in [2.45, 2.75) is 18.9 Å². The van der Waals surface area contributed by atoms with Crippen LogP contribution in [0.3, 0.4) is 0 Å². The number of fused-ring (bicyclic) bond motifs is 1. The Hall–Kier alpha value is -2.93. The topological polar surface area (TPSA) is 72.3 Å². The summed E-state index contributed by atoms with van der Waals surface area (Å²) in [4.78, 5) is 14.6. The minimum absolute atomic E-state index is 0.0239. The fourth-order valence-electron chi connectivity index (χ4n) is 3.62. The Morgan fingerprint density at radius 3 is 2.70 bits per heavy atom. The van der Waals surface area contributed by atoms with Crippen molar-refractivity contribution in [1.29, 1.82) is 0 Å². The van der Waals surface area contributed by atoms with E-state index in [1.165, 1.54) is 0 Å². The van der Waals surface area contributed by atoms with Gasteiger partial charge < -0.3 is 10.1 Å². The van der Waals surface area contributed by atoms with E-state index in [0.29, 0.717) is 24.0 Å². The van der Waals surface area contributed by atoms with Gasteiger partial charge in [0.25, 0.3) is 0 Å². The van der Waals surface area contributed by atoms with E-state index in [9.17, 15) is 4.79 Å². The third-order valence-corrected chi connectivity index (χ3v) is 5.03. The van der Waals surface area contributed by atoms with Gasteiger partial charge in [-0.1, -0.05) is 29.5 Å². The maximum Gasteiger partial charge on any atom is 0.238 e. The lowest BCUT2D eigenvalue weighted by molar-refractivity contribution is -0.117. The molecule has 1 aliphatic heterocycles. The number of ether oxygens (including phenoxy) is 1. The van der Waals surface area contributed by atoms with Crippen LogP contribution in [-0.4, -0.2) is 52.5 Å². The summed E-state index contributed by atoms with van der Waals surface area (Å²) in [5.41, 5.74) is 2.70. The molecule has 3 aromatic rings. The quantitative estimate of drug-likeness (QED) is 0.753. The van der Waals surface area contributed by atoms with Crippen LogP contribution in [0.5, 0.6) is 5.75 Å². The van der Waals surface area contributed by atoms with Crippen LogP contribution >= 0.6 is 0 Å². The Bertz CT molecular complexity index is 931. The monoisotopic (exact) mass is 365 g/mol. The summed E-state index contributed by atoms with van der Waals surface area (Å²) >= 11 is 0. The smallest absolute Gasteiger partial charge is 0.238 e. The molecule has 1 aliphatic rings. The maximum atomic E-state index is 12.4. The molecule has 7 heteroatoms. The molecule has 1 saturated heterocycles. The van der Waals surface area contributed by atoms with Gasteiger partial charge in [-0.15, -0.1) is 5.10 Å². The predicted molar refractivity (Wildman–Crippen MR) is 104 cm³/mol. The molecule has 1 amide bonds. The molecule has 2 aromatic carbocycles. The number of hydrogen-bond donors (Lipinski definition) is 1. The molecule has 0 aliphatic carbocycles. The standard InChI is InChI=1S/C20H23N5O2/c1-27-19-9-5-3-7-17(19)21-20(26)14-24-12-10-15(11-13-24)25-18-8-4-2-6-16(18)22-23-25/h2-9,15H,10-14H2,1H3,(H,21,26). The first kappa shape index (κ1) is 17.5. The number of carbonyl (C=O) groups excluding carboxylic acids is 1. The van der Waals surface area contributed by atoms with Crippen LogP contribution in [0.15, 0.2) is 48.5 Å². The second-order valence-corrected chi connectivity index (χ2v) is 6.78. The number of amides is 1. The van der Waals surface area contributed by atoms with Crippen LogP contribution in [0.4, 0.5) is 5.69 Å². The van der Waals surface area contributed by atoms with Crippen LogP contribution < -0.4 is 10.1 Å². The lowest BCUT2D eigenvalue weighted by Gasteiger charge is -2.31. The van der Waals surface area contributed by atoms with Crippen molar-refractivity contribution in [3.8, 4) is 5.75 Å². The molecule has 4 rings (SSSR count). The highest BCUT2D eigenvalue weighted by molar-refractivity contribution is 5.93. The second-order valence-electron chi connectivity index (χ2n) is 6.78. The van der Waals surface area contributed by atoms with Crippen LogP contribution in [-0.2, 0) is 4.79 Å². The van der Waals surface area contributed by atoms with Gasteiger partial charge in [-0.2, -0.15) is 0 Å². The normalized spacial score (nSPS) is 15.7. The molecule has 0 atom stereocenters. The number of nitrogens with zero attached hydrogens (tertiary/aromatic N) is 4. The zero-order chi connectivity index (χ0) is 18.6. The van der Waals surface area contributed by atoms with Crippen molar-refractivity contribution in [2.75, 3.05) is 32.1 Å². The highest BCUT2D eigenvalue weighted by Gasteiger charge is 2.24. The van der Waals surface area contributed by atoms with Crippen molar-refractivity contribution in [3.63, 3.8) is 0 Å². The third kappa shape index (κ3) is 3.78. The van der Waals surface area contributed by atoms with Crippen LogP contribution in [0, 0.1) is 0 Å². The van der Waals surface area contributed by atoms with Crippen molar-refractivity contribution in [3.05, 3.63) is 48.5 Å². The van der Waals surface area contributed by atoms with Crippen molar-refractivity contribution in [1.82, 2.24) is 19.9 Å². The predicted octanol–water partition coefficient (Wildman–Crippen LogP) is 2.72. The minimum atomic E-state index is -0.0239. The molecule has 0 saturated carbocycles. The first-order valence-corrected chi connectivity index (χ1v) is 9.20. The molecular weight excluding hydrogens is 342 g/mol. The van der Waals surface area contributed by atoms with Gasteiger partial charge in [-0.25, -0.2) is 4.68 Å². The Morgan fingerprint density at radius 2 is 1.89 bits per heavy atom. The van der Waals surface area contributed by atoms with E-state index >= 15 is 0 Å². The number of para-hydroxylation sites is 3. The molecule has 140 valence electrons. The van der Waals surface area contributed by atoms with Crippen LogP contribution in [0.25, 0.3) is 11.0 Å². The molecule has 0 unspecified atom stereocenters. The number of benzene rings is 2. The zero-order valence-electron chi connectivity index (χ0n) is 15.3. The molecule has 0 bridgehead atoms. The number of hydrogen-bond acceptors (Lipinski definition) is 5. The largest absolute Gasteiger partial charge is 0.495 e. The Balaban J connectivity index is 1.33. The van der Waals surface area contributed by atoms with E-state index in [-0.39, 0.29) is 5.91 Å². The zero-order valence-corrected chi connectivity index (χ0v) is 15.3. The number of rotatable bonds is 5. The average Bonchev–Trinajstić information content (AvgIpc) is 3.13. The minimum Gasteiger partial charge on any atom is -0.495 e. The van der Waals surface area contributed by atoms with Gasteiger partial charge in [0.05, 0.1) is 30.9 Å². The van der Waals surface area contributed by atoms with Crippen molar-refractivity contribution >= 4 is 22.6 Å². The summed E-state index contributed by atoms with van der Waals surface area (Å²) < 4.78 is 7.31. The van der Waals surface area contributed by atoms with Gasteiger partial charge in [0.15, 0.2) is 0 Å². The fraction of sp³-hybridized carbons (Fsp3) is 0.350. The summed E-state index contributed by atoms with van der Waals surface area (Å²) in [6.07, 6.45) is 1.91. The molecule has 1 N–H and O–H groups in total. The number of carbonyl (C=O) groups is 1. The second kappa shape index (κ2) is 7.75. The lowest BCUT2D eigenvalue weighted by atomic mass is 10.0. The number of nitrogens with one attached hydrogen (secondary N) is 1. The Morgan fingerprint density at radius 1 is 1.15 bits per heavy atom. The van der Waals surface area contributed by atoms with Gasteiger partial charge in [-0.05, 0) is 37.1 Å². The Labute approximate surface area is 157 Å². The van der Waals surface area contributed by atoms with E-state index in [4.69, 9.17) is 4.74 Å². The highest BCUT2D eigenvalue weighted by Crippen LogP contribution is 2.26. The first-order valence-electron chi connectivity index (χ1n) is 9.20. The number of anilines is 1. The highest BCUT2D eigenvalue weighted by atomic mass is 16.5. The van der Waals surface area contributed by atoms with E-state index in [1.54, 1.807) is 7.11 Å². The lowest BCUT2D eigenvalue weighted by Crippen LogP contribution is -2.39. The van der Waals surface area contributed by atoms with Crippen molar-refractivity contribution < 1.29 is 9.53 Å². The molecule has 0 spiro atoms. The Kier molecular flexibility index (Phi) is 5.02. The van der Waals surface area contributed by atoms with Gasteiger partial charge in [0, 0.05) is 13.1 Å². The molecule has 0 radical (unpaired) electrons. The molecule has 1 fully saturated rings. The SMILES string of the molecule is COc1ccccc1NC(=O)CN1CCC(n2nnc3ccccc32)CC1. The number of likely N-dealkylation sites (tertiary alicyclic amines) is 1. The number of methoxy groups -OCH3 is 1.